The first kappa shape index (κ1) is 20.4. The first-order valence-corrected chi connectivity index (χ1v) is 11.7. The van der Waals surface area contributed by atoms with E-state index in [1.54, 1.807) is 0 Å². The molecule has 4 aliphatic rings. The van der Waals surface area contributed by atoms with Gasteiger partial charge in [0.05, 0.1) is 6.54 Å². The number of anilines is 1. The second kappa shape index (κ2) is 8.57. The Bertz CT molecular complexity index is 825. The number of carbonyl (C=O) groups excluding carboxylic acids is 2. The molecule has 3 aliphatic heterocycles. The summed E-state index contributed by atoms with van der Waals surface area (Å²) in [6, 6.07) is 5.50. The van der Waals surface area contributed by atoms with Crippen LogP contribution in [0.1, 0.15) is 44.9 Å². The third kappa shape index (κ3) is 4.44. The van der Waals surface area contributed by atoms with Crippen LogP contribution in [0.25, 0.3) is 0 Å². The number of ether oxygens (including phenoxy) is 2. The molecule has 2 saturated heterocycles. The van der Waals surface area contributed by atoms with Gasteiger partial charge in [-0.15, -0.1) is 0 Å². The van der Waals surface area contributed by atoms with Crippen molar-refractivity contribution in [3.8, 4) is 11.5 Å². The van der Waals surface area contributed by atoms with Gasteiger partial charge in [0.25, 0.3) is 5.79 Å². The van der Waals surface area contributed by atoms with Crippen LogP contribution in [-0.2, 0) is 4.79 Å². The number of carbonyl (C=O) groups is 2. The van der Waals surface area contributed by atoms with Crippen molar-refractivity contribution in [3.63, 3.8) is 0 Å². The van der Waals surface area contributed by atoms with Gasteiger partial charge in [-0.2, -0.15) is 0 Å². The Hall–Kier alpha value is -2.48. The van der Waals surface area contributed by atoms with Crippen molar-refractivity contribution in [1.29, 1.82) is 0 Å². The molecule has 5 rings (SSSR count). The number of hydrogen-bond donors (Lipinski definition) is 1. The van der Waals surface area contributed by atoms with Crippen LogP contribution in [0.4, 0.5) is 10.5 Å². The van der Waals surface area contributed by atoms with E-state index in [4.69, 9.17) is 9.47 Å². The molecule has 168 valence electrons. The quantitative estimate of drug-likeness (QED) is 0.801. The van der Waals surface area contributed by atoms with Crippen LogP contribution in [0.5, 0.6) is 11.5 Å². The Morgan fingerprint density at radius 2 is 1.55 bits per heavy atom. The van der Waals surface area contributed by atoms with Crippen molar-refractivity contribution in [2.45, 2.75) is 50.7 Å². The predicted octanol–water partition coefficient (Wildman–Crippen LogP) is 2.89. The molecule has 3 fully saturated rings. The van der Waals surface area contributed by atoms with Gasteiger partial charge in [0.1, 0.15) is 0 Å². The zero-order valence-electron chi connectivity index (χ0n) is 18.1. The molecule has 0 unspecified atom stereocenters. The molecule has 1 aromatic carbocycles. The molecule has 31 heavy (non-hydrogen) atoms. The number of benzene rings is 1. The second-order valence-corrected chi connectivity index (χ2v) is 9.12. The summed E-state index contributed by atoms with van der Waals surface area (Å²) in [6.07, 6.45) is 7.51. The fourth-order valence-electron chi connectivity index (χ4n) is 5.04. The highest BCUT2D eigenvalue weighted by molar-refractivity contribution is 5.90. The molecular weight excluding hydrogens is 396 g/mol. The first-order chi connectivity index (χ1) is 15.1. The number of urea groups is 1. The topological polar surface area (TPSA) is 74.4 Å². The number of nitrogens with zero attached hydrogens (tertiary/aromatic N) is 3. The Labute approximate surface area is 183 Å². The molecule has 0 radical (unpaired) electrons. The summed E-state index contributed by atoms with van der Waals surface area (Å²) in [6.45, 7) is 4.90. The van der Waals surface area contributed by atoms with Crippen molar-refractivity contribution in [3.05, 3.63) is 18.2 Å². The smallest absolute Gasteiger partial charge is 0.321 e. The van der Waals surface area contributed by atoms with Crippen LogP contribution < -0.4 is 14.8 Å². The Morgan fingerprint density at radius 3 is 2.29 bits per heavy atom. The summed E-state index contributed by atoms with van der Waals surface area (Å²) < 4.78 is 12.3. The van der Waals surface area contributed by atoms with E-state index in [9.17, 15) is 9.59 Å². The maximum atomic E-state index is 12.7. The van der Waals surface area contributed by atoms with Crippen molar-refractivity contribution >= 4 is 17.6 Å². The third-order valence-electron chi connectivity index (χ3n) is 6.88. The number of fused-ring (bicyclic) bond motifs is 1. The summed E-state index contributed by atoms with van der Waals surface area (Å²) in [5, 5.41) is 2.99. The molecule has 8 heteroatoms. The predicted molar refractivity (Wildman–Crippen MR) is 116 cm³/mol. The van der Waals surface area contributed by atoms with E-state index in [-0.39, 0.29) is 11.9 Å². The lowest BCUT2D eigenvalue weighted by Crippen LogP contribution is -2.52. The second-order valence-electron chi connectivity index (χ2n) is 9.12. The first-order valence-electron chi connectivity index (χ1n) is 11.7. The van der Waals surface area contributed by atoms with Gasteiger partial charge < -0.3 is 24.6 Å². The molecule has 1 aromatic rings. The zero-order chi connectivity index (χ0) is 21.3. The molecule has 3 amide bonds. The summed E-state index contributed by atoms with van der Waals surface area (Å²) in [5.41, 5.74) is 0.715. The van der Waals surface area contributed by atoms with Crippen molar-refractivity contribution in [1.82, 2.24) is 14.7 Å². The van der Waals surface area contributed by atoms with E-state index < -0.39 is 5.79 Å². The lowest BCUT2D eigenvalue weighted by Gasteiger charge is -2.35. The third-order valence-corrected chi connectivity index (χ3v) is 6.88. The molecule has 1 aliphatic carbocycles. The van der Waals surface area contributed by atoms with Gasteiger partial charge in [-0.1, -0.05) is 6.42 Å². The molecule has 1 saturated carbocycles. The standard InChI is InChI=1S/C23H32N4O4/c28-21(26-10-4-5-11-26)17-25-12-14-27(15-13-25)22(29)24-18-6-7-19-20(16-18)31-23(30-19)8-2-1-3-9-23/h6-7,16H,1-5,8-15,17H2,(H,24,29). The fraction of sp³-hybridized carbons (Fsp3) is 0.652. The van der Waals surface area contributed by atoms with Crippen LogP contribution >= 0.6 is 0 Å². The van der Waals surface area contributed by atoms with Gasteiger partial charge >= 0.3 is 6.03 Å². The lowest BCUT2D eigenvalue weighted by atomic mass is 9.94. The number of amides is 3. The zero-order valence-corrected chi connectivity index (χ0v) is 18.1. The lowest BCUT2D eigenvalue weighted by molar-refractivity contribution is -0.131. The van der Waals surface area contributed by atoms with Crippen molar-refractivity contribution < 1.29 is 19.1 Å². The van der Waals surface area contributed by atoms with Crippen LogP contribution in [0.3, 0.4) is 0 Å². The maximum Gasteiger partial charge on any atom is 0.321 e. The monoisotopic (exact) mass is 428 g/mol. The van der Waals surface area contributed by atoms with Gasteiger partial charge in [0.15, 0.2) is 11.5 Å². The minimum Gasteiger partial charge on any atom is -0.448 e. The average Bonchev–Trinajstić information content (AvgIpc) is 3.42. The van der Waals surface area contributed by atoms with Crippen LogP contribution in [0.2, 0.25) is 0 Å². The highest BCUT2D eigenvalue weighted by Crippen LogP contribution is 2.46. The summed E-state index contributed by atoms with van der Waals surface area (Å²) in [4.78, 5) is 31.0. The maximum absolute atomic E-state index is 12.7. The summed E-state index contributed by atoms with van der Waals surface area (Å²) in [5.74, 6) is 1.18. The number of hydrogen-bond acceptors (Lipinski definition) is 5. The molecule has 0 aromatic heterocycles. The molecule has 0 bridgehead atoms. The largest absolute Gasteiger partial charge is 0.448 e. The van der Waals surface area contributed by atoms with Crippen molar-refractivity contribution in [2.75, 3.05) is 51.1 Å². The van der Waals surface area contributed by atoms with Gasteiger partial charge in [-0.05, 0) is 37.8 Å². The Kier molecular flexibility index (Phi) is 5.65. The van der Waals surface area contributed by atoms with Crippen molar-refractivity contribution in [2.24, 2.45) is 0 Å². The van der Waals surface area contributed by atoms with Crippen LogP contribution in [-0.4, -0.2) is 78.2 Å². The highest BCUT2D eigenvalue weighted by atomic mass is 16.7. The SMILES string of the molecule is O=C(CN1CCN(C(=O)Nc2ccc3c(c2)OC2(CCCCC2)O3)CC1)N1CCCC1. The minimum atomic E-state index is -0.508. The van der Waals surface area contributed by atoms with E-state index in [0.29, 0.717) is 31.1 Å². The van der Waals surface area contributed by atoms with E-state index in [0.717, 1.165) is 70.5 Å². The number of nitrogens with one attached hydrogen (secondary N) is 1. The van der Waals surface area contributed by atoms with E-state index in [1.165, 1.54) is 6.42 Å². The molecule has 8 nitrogen and oxygen atoms in total. The number of likely N-dealkylation sites (tertiary alicyclic amines) is 1. The molecule has 1 spiro atoms. The highest BCUT2D eigenvalue weighted by Gasteiger charge is 2.42. The minimum absolute atomic E-state index is 0.114. The normalized spacial score (nSPS) is 22.7. The average molecular weight is 429 g/mol. The van der Waals surface area contributed by atoms with Gasteiger partial charge in [-0.3, -0.25) is 9.69 Å². The van der Waals surface area contributed by atoms with Gasteiger partial charge in [-0.25, -0.2) is 4.79 Å². The molecule has 1 N–H and O–H groups in total. The van der Waals surface area contributed by atoms with Gasteiger partial charge in [0, 0.05) is 63.9 Å². The Morgan fingerprint density at radius 1 is 0.839 bits per heavy atom. The Balaban J connectivity index is 1.12. The van der Waals surface area contributed by atoms with E-state index >= 15 is 0 Å². The van der Waals surface area contributed by atoms with Crippen LogP contribution in [0.15, 0.2) is 18.2 Å². The molecular formula is C23H32N4O4. The number of rotatable bonds is 3. The van der Waals surface area contributed by atoms with Crippen LogP contribution in [0, 0.1) is 0 Å². The summed E-state index contributed by atoms with van der Waals surface area (Å²) in [7, 11) is 0. The summed E-state index contributed by atoms with van der Waals surface area (Å²) >= 11 is 0. The van der Waals surface area contributed by atoms with E-state index in [1.807, 2.05) is 28.0 Å². The number of piperazine rings is 1. The van der Waals surface area contributed by atoms with Gasteiger partial charge in [0.2, 0.25) is 5.91 Å². The molecule has 0 atom stereocenters. The molecule has 3 heterocycles. The van der Waals surface area contributed by atoms with E-state index in [2.05, 4.69) is 10.2 Å². The fourth-order valence-corrected chi connectivity index (χ4v) is 5.04.